The number of carbonyl (C=O) groups is 2. The van der Waals surface area contributed by atoms with Crippen molar-refractivity contribution in [2.24, 2.45) is 5.73 Å². The number of rotatable bonds is 4. The van der Waals surface area contributed by atoms with Crippen LogP contribution in [0.1, 0.15) is 15.9 Å². The Bertz CT molecular complexity index is 699. The van der Waals surface area contributed by atoms with Gasteiger partial charge in [-0.2, -0.15) is 0 Å². The molecule has 6 heteroatoms. The van der Waals surface area contributed by atoms with Gasteiger partial charge in [0.05, 0.1) is 17.9 Å². The van der Waals surface area contributed by atoms with Crippen LogP contribution >= 0.6 is 0 Å². The number of nitrogens with two attached hydrogens (primary N) is 1. The summed E-state index contributed by atoms with van der Waals surface area (Å²) in [5, 5.41) is 5.31. The number of hydrogen-bond acceptors (Lipinski definition) is 3. The molecule has 5 nitrogen and oxygen atoms in total. The maximum absolute atomic E-state index is 12.9. The largest absolute Gasteiger partial charge is 0.323 e. The predicted octanol–water partition coefficient (Wildman–Crippen LogP) is 2.28. The summed E-state index contributed by atoms with van der Waals surface area (Å²) >= 11 is 0. The number of carbonyl (C=O) groups excluding carboxylic acids is 2. The number of halogens is 1. The second kappa shape index (κ2) is 6.82. The first-order chi connectivity index (χ1) is 10.5. The van der Waals surface area contributed by atoms with Gasteiger partial charge >= 0.3 is 0 Å². The zero-order valence-corrected chi connectivity index (χ0v) is 12.0. The summed E-state index contributed by atoms with van der Waals surface area (Å²) in [7, 11) is 0. The molecule has 0 aliphatic carbocycles. The molecule has 0 heterocycles. The van der Waals surface area contributed by atoms with Gasteiger partial charge < -0.3 is 16.4 Å². The van der Waals surface area contributed by atoms with Crippen LogP contribution < -0.4 is 16.4 Å². The maximum atomic E-state index is 12.9. The van der Waals surface area contributed by atoms with Crippen molar-refractivity contribution >= 4 is 23.2 Å². The van der Waals surface area contributed by atoms with E-state index in [0.29, 0.717) is 16.9 Å². The number of aryl methyl sites for hydroxylation is 1. The Morgan fingerprint density at radius 2 is 1.73 bits per heavy atom. The highest BCUT2D eigenvalue weighted by Crippen LogP contribution is 2.23. The topological polar surface area (TPSA) is 84.2 Å². The fourth-order valence-electron chi connectivity index (χ4n) is 1.87. The van der Waals surface area contributed by atoms with Crippen LogP contribution in [-0.2, 0) is 4.79 Å². The van der Waals surface area contributed by atoms with E-state index in [2.05, 4.69) is 10.6 Å². The molecule has 4 N–H and O–H groups in total. The summed E-state index contributed by atoms with van der Waals surface area (Å²) < 4.78 is 12.9. The average Bonchev–Trinajstić information content (AvgIpc) is 2.50. The molecule has 0 atom stereocenters. The van der Waals surface area contributed by atoms with E-state index in [9.17, 15) is 14.0 Å². The van der Waals surface area contributed by atoms with Gasteiger partial charge in [0.1, 0.15) is 5.82 Å². The zero-order valence-electron chi connectivity index (χ0n) is 12.0. The number of benzene rings is 2. The van der Waals surface area contributed by atoms with Gasteiger partial charge in [-0.3, -0.25) is 9.59 Å². The van der Waals surface area contributed by atoms with Crippen molar-refractivity contribution in [2.75, 3.05) is 17.2 Å². The van der Waals surface area contributed by atoms with Crippen molar-refractivity contribution in [3.63, 3.8) is 0 Å². The van der Waals surface area contributed by atoms with Gasteiger partial charge in [0.2, 0.25) is 5.91 Å². The number of amides is 2. The third-order valence-electron chi connectivity index (χ3n) is 2.99. The molecule has 0 aliphatic heterocycles. The average molecular weight is 301 g/mol. The van der Waals surface area contributed by atoms with Crippen LogP contribution in [0.3, 0.4) is 0 Å². The van der Waals surface area contributed by atoms with Crippen LogP contribution in [0.5, 0.6) is 0 Å². The molecule has 2 amide bonds. The summed E-state index contributed by atoms with van der Waals surface area (Å²) in [5.41, 5.74) is 7.43. The van der Waals surface area contributed by atoms with E-state index in [1.54, 1.807) is 18.2 Å². The summed E-state index contributed by atoms with van der Waals surface area (Å²) in [6.07, 6.45) is 0. The van der Waals surface area contributed by atoms with Crippen molar-refractivity contribution in [1.82, 2.24) is 0 Å². The molecule has 2 aromatic rings. The highest BCUT2D eigenvalue weighted by atomic mass is 19.1. The number of hydrogen-bond donors (Lipinski definition) is 3. The molecule has 114 valence electrons. The second-order valence-electron chi connectivity index (χ2n) is 4.76. The van der Waals surface area contributed by atoms with Gasteiger partial charge in [0.15, 0.2) is 0 Å². The molecule has 22 heavy (non-hydrogen) atoms. The van der Waals surface area contributed by atoms with Gasteiger partial charge in [-0.1, -0.05) is 6.07 Å². The molecule has 0 bridgehead atoms. The smallest absolute Gasteiger partial charge is 0.255 e. The minimum absolute atomic E-state index is 0.153. The molecular weight excluding hydrogens is 285 g/mol. The van der Waals surface area contributed by atoms with Gasteiger partial charge in [-0.25, -0.2) is 4.39 Å². The van der Waals surface area contributed by atoms with Gasteiger partial charge in [-0.05, 0) is 48.9 Å². The van der Waals surface area contributed by atoms with Crippen molar-refractivity contribution in [3.8, 4) is 0 Å². The van der Waals surface area contributed by atoms with Crippen LogP contribution in [0.25, 0.3) is 0 Å². The number of nitrogens with one attached hydrogen (secondary N) is 2. The van der Waals surface area contributed by atoms with E-state index >= 15 is 0 Å². The Kier molecular flexibility index (Phi) is 4.85. The molecule has 0 radical (unpaired) electrons. The summed E-state index contributed by atoms with van der Waals surface area (Å²) in [5.74, 6) is -1.17. The Morgan fingerprint density at radius 3 is 2.36 bits per heavy atom. The first-order valence-corrected chi connectivity index (χ1v) is 6.67. The quantitative estimate of drug-likeness (QED) is 0.810. The second-order valence-corrected chi connectivity index (χ2v) is 4.76. The normalized spacial score (nSPS) is 10.1. The van der Waals surface area contributed by atoms with Crippen molar-refractivity contribution in [3.05, 3.63) is 59.4 Å². The van der Waals surface area contributed by atoms with Gasteiger partial charge in [-0.15, -0.1) is 0 Å². The van der Waals surface area contributed by atoms with Crippen LogP contribution in [0.2, 0.25) is 0 Å². The lowest BCUT2D eigenvalue weighted by molar-refractivity contribution is -0.114. The zero-order chi connectivity index (χ0) is 16.1. The monoisotopic (exact) mass is 301 g/mol. The molecular formula is C16H16FN3O2. The fraction of sp³-hybridized carbons (Fsp3) is 0.125. The third kappa shape index (κ3) is 3.89. The minimum Gasteiger partial charge on any atom is -0.323 e. The molecule has 0 spiro atoms. The van der Waals surface area contributed by atoms with Gasteiger partial charge in [0, 0.05) is 5.56 Å². The molecule has 0 aliphatic rings. The fourth-order valence-corrected chi connectivity index (χ4v) is 1.87. The van der Waals surface area contributed by atoms with Crippen molar-refractivity contribution < 1.29 is 14.0 Å². The highest BCUT2D eigenvalue weighted by molar-refractivity contribution is 6.07. The first-order valence-electron chi connectivity index (χ1n) is 6.67. The van der Waals surface area contributed by atoms with E-state index in [1.165, 1.54) is 24.3 Å². The molecule has 2 rings (SSSR count). The Labute approximate surface area is 127 Å². The Balaban J connectivity index is 2.23. The van der Waals surface area contributed by atoms with Crippen LogP contribution in [-0.4, -0.2) is 18.4 Å². The summed E-state index contributed by atoms with van der Waals surface area (Å²) in [6, 6.07) is 10.4. The lowest BCUT2D eigenvalue weighted by atomic mass is 10.1. The molecule has 0 fully saturated rings. The maximum Gasteiger partial charge on any atom is 0.255 e. The van der Waals surface area contributed by atoms with Crippen LogP contribution in [0, 0.1) is 12.7 Å². The standard InChI is InChI=1S/C16H16FN3O2/c1-10-2-7-13(14(8-10)19-15(21)9-18)20-16(22)11-3-5-12(17)6-4-11/h2-8H,9,18H2,1H3,(H,19,21)(H,20,22). The van der Waals surface area contributed by atoms with Gasteiger partial charge in [0.25, 0.3) is 5.91 Å². The van der Waals surface area contributed by atoms with E-state index in [0.717, 1.165) is 5.56 Å². The van der Waals surface area contributed by atoms with E-state index in [1.807, 2.05) is 6.92 Å². The summed E-state index contributed by atoms with van der Waals surface area (Å²) in [6.45, 7) is 1.71. The Morgan fingerprint density at radius 1 is 1.05 bits per heavy atom. The predicted molar refractivity (Wildman–Crippen MR) is 83.2 cm³/mol. The van der Waals surface area contributed by atoms with Crippen LogP contribution in [0.4, 0.5) is 15.8 Å². The molecule has 0 aromatic heterocycles. The lowest BCUT2D eigenvalue weighted by Gasteiger charge is -2.13. The Hall–Kier alpha value is -2.73. The SMILES string of the molecule is Cc1ccc(NC(=O)c2ccc(F)cc2)c(NC(=O)CN)c1. The minimum atomic E-state index is -0.414. The third-order valence-corrected chi connectivity index (χ3v) is 2.99. The number of anilines is 2. The lowest BCUT2D eigenvalue weighted by Crippen LogP contribution is -2.23. The van der Waals surface area contributed by atoms with E-state index < -0.39 is 11.7 Å². The first kappa shape index (κ1) is 15.7. The molecule has 0 saturated carbocycles. The van der Waals surface area contributed by atoms with Crippen molar-refractivity contribution in [2.45, 2.75) is 6.92 Å². The van der Waals surface area contributed by atoms with E-state index in [-0.39, 0.29) is 12.5 Å². The van der Waals surface area contributed by atoms with E-state index in [4.69, 9.17) is 5.73 Å². The summed E-state index contributed by atoms with van der Waals surface area (Å²) in [4.78, 5) is 23.6. The molecule has 2 aromatic carbocycles. The molecule has 0 saturated heterocycles. The van der Waals surface area contributed by atoms with Crippen LogP contribution in [0.15, 0.2) is 42.5 Å². The van der Waals surface area contributed by atoms with Crippen molar-refractivity contribution in [1.29, 1.82) is 0 Å². The molecule has 0 unspecified atom stereocenters. The highest BCUT2D eigenvalue weighted by Gasteiger charge is 2.11.